The highest BCUT2D eigenvalue weighted by molar-refractivity contribution is 6.14. The first-order valence-electron chi connectivity index (χ1n) is 5.38. The van der Waals surface area contributed by atoms with Gasteiger partial charge in [0.25, 0.3) is 0 Å². The van der Waals surface area contributed by atoms with Crippen LogP contribution < -0.4 is 0 Å². The van der Waals surface area contributed by atoms with E-state index in [1.54, 1.807) is 0 Å². The number of carbonyl (C=O) groups is 2. The molecule has 0 radical (unpaired) electrons. The minimum absolute atomic E-state index is 0.0415. The number of ether oxygens (including phenoxy) is 1. The molecule has 0 unspecified atom stereocenters. The summed E-state index contributed by atoms with van der Waals surface area (Å²) in [6.07, 6.45) is 2.07. The minimum Gasteiger partial charge on any atom is -0.511 e. The zero-order valence-corrected chi connectivity index (χ0v) is 10.3. The fourth-order valence-corrected chi connectivity index (χ4v) is 1.72. The van der Waals surface area contributed by atoms with Gasteiger partial charge in [-0.2, -0.15) is 0 Å². The zero-order chi connectivity index (χ0) is 13.1. The molecule has 0 saturated heterocycles. The lowest BCUT2D eigenvalue weighted by Crippen LogP contribution is -2.26. The van der Waals surface area contributed by atoms with E-state index in [2.05, 4.69) is 9.73 Å². The smallest absolute Gasteiger partial charge is 0.327 e. The van der Waals surface area contributed by atoms with Crippen LogP contribution in [0.5, 0.6) is 0 Å². The first-order chi connectivity index (χ1) is 7.85. The van der Waals surface area contributed by atoms with Crippen LogP contribution in [0.4, 0.5) is 0 Å². The first kappa shape index (κ1) is 13.4. The Morgan fingerprint density at radius 1 is 1.53 bits per heavy atom. The third kappa shape index (κ3) is 3.69. The predicted octanol–water partition coefficient (Wildman–Crippen LogP) is 1.43. The maximum absolute atomic E-state index is 11.7. The quantitative estimate of drug-likeness (QED) is 0.597. The maximum atomic E-state index is 11.7. The van der Waals surface area contributed by atoms with Crippen molar-refractivity contribution in [2.75, 3.05) is 13.7 Å². The summed E-state index contributed by atoms with van der Waals surface area (Å²) in [5.41, 5.74) is -0.0193. The van der Waals surface area contributed by atoms with Gasteiger partial charge in [0.1, 0.15) is 12.3 Å². The van der Waals surface area contributed by atoms with E-state index >= 15 is 0 Å². The van der Waals surface area contributed by atoms with E-state index < -0.39 is 5.97 Å². The lowest BCUT2D eigenvalue weighted by molar-refractivity contribution is -0.138. The molecule has 0 fully saturated rings. The summed E-state index contributed by atoms with van der Waals surface area (Å²) in [6, 6.07) is 0. The van der Waals surface area contributed by atoms with Crippen molar-refractivity contribution in [1.82, 2.24) is 0 Å². The number of ketones is 1. The van der Waals surface area contributed by atoms with E-state index in [9.17, 15) is 14.7 Å². The number of Topliss-reactive ketones (excluding diaryl/α,β-unsaturated/α-hetero) is 1. The molecule has 0 saturated carbocycles. The molecule has 0 aromatic rings. The molecule has 94 valence electrons. The molecule has 1 aliphatic carbocycles. The molecular weight excluding hydrogens is 222 g/mol. The standard InChI is InChI=1S/C12H17NO4/c1-12(2)4-9(14)8(10(15)5-12)6-13-7-11(16)17-3/h6,14H,4-5,7H2,1-3H3. The Morgan fingerprint density at radius 2 is 2.18 bits per heavy atom. The van der Waals surface area contributed by atoms with Crippen molar-refractivity contribution in [1.29, 1.82) is 0 Å². The Kier molecular flexibility index (Phi) is 4.04. The molecule has 0 bridgehead atoms. The zero-order valence-electron chi connectivity index (χ0n) is 10.3. The lowest BCUT2D eigenvalue weighted by Gasteiger charge is -2.28. The van der Waals surface area contributed by atoms with Crippen LogP contribution in [0.25, 0.3) is 0 Å². The predicted molar refractivity (Wildman–Crippen MR) is 63.1 cm³/mol. The van der Waals surface area contributed by atoms with Crippen LogP contribution >= 0.6 is 0 Å². The minimum atomic E-state index is -0.482. The first-order valence-corrected chi connectivity index (χ1v) is 5.38. The van der Waals surface area contributed by atoms with Crippen molar-refractivity contribution < 1.29 is 19.4 Å². The highest BCUT2D eigenvalue weighted by Gasteiger charge is 2.32. The molecule has 5 heteroatoms. The summed E-state index contributed by atoms with van der Waals surface area (Å²) in [6.45, 7) is 3.69. The SMILES string of the molecule is COC(=O)CN=CC1=C(O)CC(C)(C)CC1=O. The van der Waals surface area contributed by atoms with E-state index in [1.165, 1.54) is 13.3 Å². The Morgan fingerprint density at radius 3 is 2.71 bits per heavy atom. The van der Waals surface area contributed by atoms with Crippen molar-refractivity contribution in [2.45, 2.75) is 26.7 Å². The molecule has 0 aliphatic heterocycles. The van der Waals surface area contributed by atoms with Gasteiger partial charge >= 0.3 is 5.97 Å². The van der Waals surface area contributed by atoms with Crippen LogP contribution in [-0.4, -0.2) is 36.7 Å². The number of esters is 1. The largest absolute Gasteiger partial charge is 0.511 e. The van der Waals surface area contributed by atoms with Gasteiger partial charge in [-0.15, -0.1) is 0 Å². The molecular formula is C12H17NO4. The molecule has 0 spiro atoms. The van der Waals surface area contributed by atoms with Gasteiger partial charge in [0, 0.05) is 19.1 Å². The van der Waals surface area contributed by atoms with E-state index in [-0.39, 0.29) is 29.1 Å². The van der Waals surface area contributed by atoms with Crippen molar-refractivity contribution in [2.24, 2.45) is 10.4 Å². The molecule has 1 rings (SSSR count). The molecule has 17 heavy (non-hydrogen) atoms. The number of aliphatic hydroxyl groups is 1. The molecule has 1 N–H and O–H groups in total. The van der Waals surface area contributed by atoms with Crippen molar-refractivity contribution >= 4 is 18.0 Å². The third-order valence-corrected chi connectivity index (χ3v) is 2.56. The van der Waals surface area contributed by atoms with Gasteiger partial charge in [0.05, 0.1) is 12.7 Å². The monoisotopic (exact) mass is 239 g/mol. The average Bonchev–Trinajstić information content (AvgIpc) is 2.20. The summed E-state index contributed by atoms with van der Waals surface area (Å²) in [4.78, 5) is 26.3. The third-order valence-electron chi connectivity index (χ3n) is 2.56. The number of nitrogens with zero attached hydrogens (tertiary/aromatic N) is 1. The van der Waals surface area contributed by atoms with Gasteiger partial charge < -0.3 is 9.84 Å². The molecule has 0 atom stereocenters. The molecule has 5 nitrogen and oxygen atoms in total. The number of rotatable bonds is 3. The highest BCUT2D eigenvalue weighted by Crippen LogP contribution is 2.34. The molecule has 0 aromatic heterocycles. The number of aliphatic hydroxyl groups excluding tert-OH is 1. The van der Waals surface area contributed by atoms with Gasteiger partial charge in [0.2, 0.25) is 0 Å². The number of carbonyl (C=O) groups excluding carboxylic acids is 2. The summed E-state index contributed by atoms with van der Waals surface area (Å²) < 4.78 is 4.41. The Bertz CT molecular complexity index is 393. The number of aliphatic imine (C=N–C) groups is 1. The topological polar surface area (TPSA) is 76.0 Å². The Hall–Kier alpha value is -1.65. The van der Waals surface area contributed by atoms with Crippen molar-refractivity contribution in [3.8, 4) is 0 Å². The second-order valence-electron chi connectivity index (χ2n) is 4.85. The lowest BCUT2D eigenvalue weighted by atomic mass is 9.77. The van der Waals surface area contributed by atoms with Gasteiger partial charge in [-0.05, 0) is 5.41 Å². The number of allylic oxidation sites excluding steroid dienone is 2. The van der Waals surface area contributed by atoms with Crippen molar-refractivity contribution in [3.05, 3.63) is 11.3 Å². The second kappa shape index (κ2) is 5.12. The maximum Gasteiger partial charge on any atom is 0.327 e. The molecule has 0 aromatic carbocycles. The van der Waals surface area contributed by atoms with Gasteiger partial charge in [-0.25, -0.2) is 0 Å². The number of hydrogen-bond donors (Lipinski definition) is 1. The number of hydrogen-bond acceptors (Lipinski definition) is 5. The van der Waals surface area contributed by atoms with Crippen LogP contribution in [-0.2, 0) is 14.3 Å². The molecule has 0 heterocycles. The molecule has 1 aliphatic rings. The van der Waals surface area contributed by atoms with Gasteiger partial charge in [0.15, 0.2) is 5.78 Å². The normalized spacial score (nSPS) is 19.8. The molecule has 0 amide bonds. The fourth-order valence-electron chi connectivity index (χ4n) is 1.72. The highest BCUT2D eigenvalue weighted by atomic mass is 16.5. The average molecular weight is 239 g/mol. The summed E-state index contributed by atoms with van der Waals surface area (Å²) in [5.74, 6) is -0.586. The van der Waals surface area contributed by atoms with Gasteiger partial charge in [-0.1, -0.05) is 13.8 Å². The van der Waals surface area contributed by atoms with Crippen LogP contribution in [0.15, 0.2) is 16.3 Å². The second-order valence-corrected chi connectivity index (χ2v) is 4.85. The Balaban J connectivity index is 2.76. The van der Waals surface area contributed by atoms with Crippen LogP contribution in [0.1, 0.15) is 26.7 Å². The number of methoxy groups -OCH3 is 1. The van der Waals surface area contributed by atoms with E-state index in [4.69, 9.17) is 0 Å². The van der Waals surface area contributed by atoms with E-state index in [0.717, 1.165) is 0 Å². The van der Waals surface area contributed by atoms with Crippen LogP contribution in [0.2, 0.25) is 0 Å². The fraction of sp³-hybridized carbons (Fsp3) is 0.583. The van der Waals surface area contributed by atoms with Crippen molar-refractivity contribution in [3.63, 3.8) is 0 Å². The summed E-state index contributed by atoms with van der Waals surface area (Å²) in [7, 11) is 1.27. The summed E-state index contributed by atoms with van der Waals surface area (Å²) in [5, 5.41) is 9.75. The van der Waals surface area contributed by atoms with Crippen LogP contribution in [0.3, 0.4) is 0 Å². The Labute approximate surface area is 100 Å². The van der Waals surface area contributed by atoms with E-state index in [0.29, 0.717) is 12.8 Å². The van der Waals surface area contributed by atoms with Gasteiger partial charge in [-0.3, -0.25) is 14.6 Å². The summed E-state index contributed by atoms with van der Waals surface area (Å²) >= 11 is 0. The van der Waals surface area contributed by atoms with Crippen LogP contribution in [0, 0.1) is 5.41 Å². The van der Waals surface area contributed by atoms with E-state index in [1.807, 2.05) is 13.8 Å².